The molecule has 5 atom stereocenters. The third-order valence-corrected chi connectivity index (χ3v) is 12.1. The van der Waals surface area contributed by atoms with Crippen LogP contribution >= 0.6 is 0 Å². The Kier molecular flexibility index (Phi) is 12.0. The van der Waals surface area contributed by atoms with Crippen molar-refractivity contribution in [3.8, 4) is 33.6 Å². The van der Waals surface area contributed by atoms with Gasteiger partial charge in [0.25, 0.3) is 0 Å². The molecule has 1 aliphatic carbocycles. The topological polar surface area (TPSA) is 175 Å². The van der Waals surface area contributed by atoms with E-state index < -0.39 is 24.3 Å². The van der Waals surface area contributed by atoms with E-state index in [1.54, 1.807) is 0 Å². The molecule has 14 heteroatoms. The van der Waals surface area contributed by atoms with Crippen molar-refractivity contribution < 1.29 is 28.7 Å². The molecule has 1 unspecified atom stereocenters. The van der Waals surface area contributed by atoms with E-state index in [9.17, 15) is 19.2 Å². The first-order valence-corrected chi connectivity index (χ1v) is 21.0. The second-order valence-electron chi connectivity index (χ2n) is 16.3. The number of ether oxygens (including phenoxy) is 2. The minimum absolute atomic E-state index is 0.106. The SMILES string of the molecule is COC(=O)N[C@H](C(=O)N1CCC[C@H]1c1ncc(-c2ccc(-c3ccc4cc(-c5cnc([C@@H]6CCCN6C(=O)[C@H](NC(=O)OC)C6C=CC=CC6)[nH]5)ccc4c3)cc2)[nH]1)C(C)C. The molecule has 8 rings (SSSR count). The number of alkyl carbamates (subject to hydrolysis) is 2. The van der Waals surface area contributed by atoms with Gasteiger partial charge in [0.1, 0.15) is 23.7 Å². The number of methoxy groups -OCH3 is 2. The summed E-state index contributed by atoms with van der Waals surface area (Å²) in [6.45, 7) is 4.98. The van der Waals surface area contributed by atoms with Crippen molar-refractivity contribution in [2.75, 3.05) is 27.3 Å². The molecule has 5 aromatic rings. The number of imidazole rings is 2. The van der Waals surface area contributed by atoms with Gasteiger partial charge < -0.3 is 39.9 Å². The number of amides is 4. The molecule has 4 heterocycles. The highest BCUT2D eigenvalue weighted by Gasteiger charge is 2.40. The van der Waals surface area contributed by atoms with Gasteiger partial charge in [-0.15, -0.1) is 0 Å². The van der Waals surface area contributed by atoms with E-state index >= 15 is 0 Å². The molecular formula is C47H52N8O6. The van der Waals surface area contributed by atoms with Crippen molar-refractivity contribution in [3.63, 3.8) is 0 Å². The first-order chi connectivity index (χ1) is 29.6. The Morgan fingerprint density at radius 1 is 0.689 bits per heavy atom. The molecule has 3 aromatic carbocycles. The number of aromatic nitrogens is 4. The molecule has 2 aliphatic heterocycles. The Labute approximate surface area is 354 Å². The van der Waals surface area contributed by atoms with Crippen LogP contribution in [-0.4, -0.2) is 93.1 Å². The van der Waals surface area contributed by atoms with Gasteiger partial charge in [-0.2, -0.15) is 0 Å². The van der Waals surface area contributed by atoms with Crippen molar-refractivity contribution in [3.05, 3.63) is 109 Å². The predicted octanol–water partition coefficient (Wildman–Crippen LogP) is 7.85. The third-order valence-electron chi connectivity index (χ3n) is 12.1. The fourth-order valence-electron chi connectivity index (χ4n) is 8.81. The lowest BCUT2D eigenvalue weighted by Crippen LogP contribution is -2.52. The maximum absolute atomic E-state index is 14.0. The van der Waals surface area contributed by atoms with Crippen LogP contribution in [0.5, 0.6) is 0 Å². The van der Waals surface area contributed by atoms with Gasteiger partial charge in [-0.1, -0.05) is 86.7 Å². The summed E-state index contributed by atoms with van der Waals surface area (Å²) < 4.78 is 9.63. The first kappa shape index (κ1) is 41.1. The lowest BCUT2D eigenvalue weighted by Gasteiger charge is -2.31. The lowest BCUT2D eigenvalue weighted by atomic mass is 9.91. The molecule has 2 fully saturated rings. The molecule has 4 N–H and O–H groups in total. The molecule has 316 valence electrons. The van der Waals surface area contributed by atoms with E-state index in [1.807, 2.05) is 60.3 Å². The highest BCUT2D eigenvalue weighted by atomic mass is 16.5. The van der Waals surface area contributed by atoms with E-state index in [0.29, 0.717) is 19.5 Å². The standard InChI is InChI=1S/C47H52N8O6/c1-28(2)40(52-46(58)60-3)44(56)54-22-8-12-38(54)42-48-26-36(50-42)30-16-14-29(15-17-30)32-18-19-34-25-35(21-20-33(34)24-32)37-27-49-43(51-37)39-13-9-23-55(39)45(57)41(53-47(59)61-4)31-10-6-5-7-11-31/h5-7,10,14-21,24-28,31,38-41H,8-9,11-13,22-23H2,1-4H3,(H,48,50)(H,49,51)(H,52,58)(H,53,59)/t31?,38-,39-,40-,41+/m0/s1. The van der Waals surface area contributed by atoms with Gasteiger partial charge in [0.15, 0.2) is 0 Å². The third kappa shape index (κ3) is 8.66. The molecule has 4 amide bonds. The molecule has 2 aromatic heterocycles. The van der Waals surface area contributed by atoms with Gasteiger partial charge in [0.05, 0.1) is 50.1 Å². The quantitative estimate of drug-likeness (QED) is 0.104. The molecule has 0 saturated carbocycles. The molecule has 14 nitrogen and oxygen atoms in total. The Balaban J connectivity index is 0.938. The fraction of sp³-hybridized carbons (Fsp3) is 0.362. The second-order valence-corrected chi connectivity index (χ2v) is 16.3. The van der Waals surface area contributed by atoms with Crippen molar-refractivity contribution in [2.45, 2.75) is 70.1 Å². The number of likely N-dealkylation sites (tertiary alicyclic amines) is 2. The van der Waals surface area contributed by atoms with Crippen molar-refractivity contribution in [2.24, 2.45) is 11.8 Å². The summed E-state index contributed by atoms with van der Waals surface area (Å²) in [5.74, 6) is 0.895. The molecule has 2 saturated heterocycles. The lowest BCUT2D eigenvalue weighted by molar-refractivity contribution is -0.136. The Morgan fingerprint density at radius 2 is 1.23 bits per heavy atom. The second kappa shape index (κ2) is 17.9. The fourth-order valence-corrected chi connectivity index (χ4v) is 8.81. The van der Waals surface area contributed by atoms with E-state index in [-0.39, 0.29) is 35.7 Å². The van der Waals surface area contributed by atoms with Crippen LogP contribution in [0, 0.1) is 11.8 Å². The average Bonchev–Trinajstić information content (AvgIpc) is 4.14. The Hall–Kier alpha value is -6.70. The number of fused-ring (bicyclic) bond motifs is 1. The van der Waals surface area contributed by atoms with Gasteiger partial charge in [-0.25, -0.2) is 19.6 Å². The number of aromatic amines is 2. The van der Waals surface area contributed by atoms with Gasteiger partial charge in [0, 0.05) is 24.6 Å². The predicted molar refractivity (Wildman–Crippen MR) is 232 cm³/mol. The zero-order valence-electron chi connectivity index (χ0n) is 34.9. The molecule has 0 bridgehead atoms. The smallest absolute Gasteiger partial charge is 0.407 e. The number of carbonyl (C=O) groups is 4. The van der Waals surface area contributed by atoms with Crippen LogP contribution in [0.15, 0.2) is 97.4 Å². The average molecular weight is 825 g/mol. The highest BCUT2D eigenvalue weighted by molar-refractivity contribution is 5.91. The monoisotopic (exact) mass is 824 g/mol. The number of nitrogens with one attached hydrogen (secondary N) is 4. The maximum Gasteiger partial charge on any atom is 0.407 e. The van der Waals surface area contributed by atoms with Gasteiger partial charge in [-0.3, -0.25) is 9.59 Å². The van der Waals surface area contributed by atoms with Crippen molar-refractivity contribution >= 4 is 34.8 Å². The Morgan fingerprint density at radius 3 is 1.82 bits per heavy atom. The molecule has 3 aliphatic rings. The van der Waals surface area contributed by atoms with Crippen molar-refractivity contribution in [1.82, 2.24) is 40.4 Å². The molecule has 0 radical (unpaired) electrons. The minimum atomic E-state index is -0.742. The summed E-state index contributed by atoms with van der Waals surface area (Å²) in [6, 6.07) is 19.2. The molecular weight excluding hydrogens is 773 g/mol. The van der Waals surface area contributed by atoms with Gasteiger partial charge >= 0.3 is 12.2 Å². The number of nitrogens with zero attached hydrogens (tertiary/aromatic N) is 4. The largest absolute Gasteiger partial charge is 0.453 e. The Bertz CT molecular complexity index is 2470. The number of rotatable bonds is 11. The zero-order chi connectivity index (χ0) is 42.6. The van der Waals surface area contributed by atoms with Gasteiger partial charge in [-0.05, 0) is 77.6 Å². The minimum Gasteiger partial charge on any atom is -0.453 e. The van der Waals surface area contributed by atoms with Crippen LogP contribution in [0.4, 0.5) is 9.59 Å². The number of hydrogen-bond acceptors (Lipinski definition) is 8. The van der Waals surface area contributed by atoms with Crippen LogP contribution in [0.2, 0.25) is 0 Å². The maximum atomic E-state index is 14.0. The number of allylic oxidation sites excluding steroid dienone is 3. The first-order valence-electron chi connectivity index (χ1n) is 21.0. The highest BCUT2D eigenvalue weighted by Crippen LogP contribution is 2.36. The van der Waals surface area contributed by atoms with Crippen LogP contribution in [0.1, 0.15) is 69.7 Å². The van der Waals surface area contributed by atoms with Crippen molar-refractivity contribution in [1.29, 1.82) is 0 Å². The summed E-state index contributed by atoms with van der Waals surface area (Å²) >= 11 is 0. The van der Waals surface area contributed by atoms with E-state index in [4.69, 9.17) is 19.4 Å². The number of benzene rings is 3. The zero-order valence-corrected chi connectivity index (χ0v) is 34.9. The normalized spacial score (nSPS) is 19.6. The summed E-state index contributed by atoms with van der Waals surface area (Å²) in [6.07, 6.45) is 14.1. The van der Waals surface area contributed by atoms with Crippen LogP contribution < -0.4 is 10.6 Å². The summed E-state index contributed by atoms with van der Waals surface area (Å²) in [5, 5.41) is 7.68. The van der Waals surface area contributed by atoms with Gasteiger partial charge in [0.2, 0.25) is 11.8 Å². The number of H-pyrrole nitrogens is 2. The number of hydrogen-bond donors (Lipinski definition) is 4. The number of carbonyl (C=O) groups excluding carboxylic acids is 4. The van der Waals surface area contributed by atoms with E-state index in [2.05, 4.69) is 81.3 Å². The molecule has 0 spiro atoms. The van der Waals surface area contributed by atoms with Crippen LogP contribution in [0.25, 0.3) is 44.4 Å². The van der Waals surface area contributed by atoms with E-state index in [0.717, 1.165) is 81.7 Å². The van der Waals surface area contributed by atoms with Crippen LogP contribution in [0.3, 0.4) is 0 Å². The summed E-state index contributed by atoms with van der Waals surface area (Å²) in [4.78, 5) is 71.9. The van der Waals surface area contributed by atoms with Crippen LogP contribution in [-0.2, 0) is 19.1 Å². The van der Waals surface area contributed by atoms with E-state index in [1.165, 1.54) is 14.2 Å². The summed E-state index contributed by atoms with van der Waals surface area (Å²) in [5.41, 5.74) is 5.87. The molecule has 61 heavy (non-hydrogen) atoms. The summed E-state index contributed by atoms with van der Waals surface area (Å²) in [7, 11) is 2.59.